The van der Waals surface area contributed by atoms with Crippen LogP contribution in [0.4, 0.5) is 0 Å². The summed E-state index contributed by atoms with van der Waals surface area (Å²) in [7, 11) is 0. The lowest BCUT2D eigenvalue weighted by atomic mass is 10.0. The fourth-order valence-corrected chi connectivity index (χ4v) is 13.7. The topological polar surface area (TPSA) is 129 Å². The summed E-state index contributed by atoms with van der Waals surface area (Å²) in [6, 6.07) is 30.0. The first kappa shape index (κ1) is 117. The average Bonchev–Trinajstić information content (AvgIpc) is 0.804. The van der Waals surface area contributed by atoms with Gasteiger partial charge >= 0.3 is 0 Å². The molecule has 0 heterocycles. The van der Waals surface area contributed by atoms with Gasteiger partial charge in [-0.25, -0.2) is 0 Å². The third-order valence-electron chi connectivity index (χ3n) is 28.1. The van der Waals surface area contributed by atoms with Crippen molar-refractivity contribution in [1.82, 2.24) is 0 Å². The Balaban J connectivity index is 1.44. The van der Waals surface area contributed by atoms with Crippen molar-refractivity contribution < 1.29 is 66.3 Å². The molecule has 774 valence electrons. The Morgan fingerprint density at radius 1 is 0.136 bits per heavy atom. The number of aryl methyl sites for hydroxylation is 2. The van der Waals surface area contributed by atoms with Gasteiger partial charge < -0.3 is 66.3 Å². The van der Waals surface area contributed by atoms with E-state index in [2.05, 4.69) is 366 Å². The van der Waals surface area contributed by atoms with Crippen LogP contribution in [0.5, 0.6) is 80.5 Å². The number of hydrogen-bond donors (Lipinski definition) is 0. The summed E-state index contributed by atoms with van der Waals surface area (Å²) in [6.45, 7) is 74.3. The van der Waals surface area contributed by atoms with E-state index in [0.29, 0.717) is 140 Å². The zero-order valence-corrected chi connectivity index (χ0v) is 92.6. The van der Waals surface area contributed by atoms with Crippen molar-refractivity contribution in [2.75, 3.05) is 92.5 Å². The number of ether oxygens (including phenoxy) is 14. The minimum Gasteiger partial charge on any atom is -0.493 e. The Morgan fingerprint density at radius 2 is 0.214 bits per heavy atom. The molecule has 0 fully saturated rings. The molecular formula is C126H186O14. The van der Waals surface area contributed by atoms with Gasteiger partial charge in [0.2, 0.25) is 0 Å². The maximum Gasteiger partial charge on any atom is 0.127 e. The molecular weight excluding hydrogens is 1740 g/mol. The molecule has 0 saturated heterocycles. The summed E-state index contributed by atoms with van der Waals surface area (Å²) in [5.41, 5.74) is 12.7. The van der Waals surface area contributed by atoms with E-state index in [4.69, 9.17) is 66.3 Å². The van der Waals surface area contributed by atoms with Gasteiger partial charge in [0.25, 0.3) is 0 Å². The van der Waals surface area contributed by atoms with E-state index >= 15 is 0 Å². The van der Waals surface area contributed by atoms with Crippen LogP contribution in [-0.2, 0) is 0 Å². The highest BCUT2D eigenvalue weighted by Crippen LogP contribution is 2.44. The Bertz CT molecular complexity index is 4690. The molecule has 7 aromatic rings. The van der Waals surface area contributed by atoms with E-state index in [1.807, 2.05) is 0 Å². The van der Waals surface area contributed by atoms with Crippen LogP contribution in [0.25, 0.3) is 72.9 Å². The van der Waals surface area contributed by atoms with E-state index in [0.717, 1.165) is 248 Å². The monoisotopic (exact) mass is 1920 g/mol. The second kappa shape index (κ2) is 62.6. The molecule has 7 aromatic carbocycles. The highest BCUT2D eigenvalue weighted by atomic mass is 16.5. The lowest BCUT2D eigenvalue weighted by Crippen LogP contribution is -2.11. The number of hydrogen-bond acceptors (Lipinski definition) is 14. The quantitative estimate of drug-likeness (QED) is 0.0335. The lowest BCUT2D eigenvalue weighted by molar-refractivity contribution is 0.248. The molecule has 0 saturated carbocycles. The molecule has 0 N–H and O–H groups in total. The molecule has 14 atom stereocenters. The summed E-state index contributed by atoms with van der Waals surface area (Å²) < 4.78 is 96.4. The first-order valence-electron chi connectivity index (χ1n) is 54.4. The molecule has 140 heavy (non-hydrogen) atoms. The van der Waals surface area contributed by atoms with Crippen LogP contribution < -0.4 is 66.3 Å². The van der Waals surface area contributed by atoms with Crippen LogP contribution in [0.2, 0.25) is 0 Å². The second-order valence-corrected chi connectivity index (χ2v) is 41.5. The van der Waals surface area contributed by atoms with Crippen LogP contribution in [0, 0.1) is 96.7 Å². The summed E-state index contributed by atoms with van der Waals surface area (Å²) in [5, 5.41) is 0. The minimum atomic E-state index is 0.278. The van der Waals surface area contributed by atoms with E-state index in [1.54, 1.807) is 0 Å². The Morgan fingerprint density at radius 3 is 0.307 bits per heavy atom. The normalized spacial score (nSPS) is 15.0. The molecule has 7 rings (SSSR count). The maximum absolute atomic E-state index is 7.07. The fraction of sp³-hybridized carbons (Fsp3) is 0.571. The number of rotatable bonds is 68. The van der Waals surface area contributed by atoms with Gasteiger partial charge in [0.05, 0.1) is 92.5 Å². The smallest absolute Gasteiger partial charge is 0.127 e. The lowest BCUT2D eigenvalue weighted by Gasteiger charge is -2.20. The van der Waals surface area contributed by atoms with Gasteiger partial charge in [-0.2, -0.15) is 0 Å². The Kier molecular flexibility index (Phi) is 52.4. The second-order valence-electron chi connectivity index (χ2n) is 41.5. The van der Waals surface area contributed by atoms with Crippen molar-refractivity contribution in [2.24, 2.45) is 82.9 Å². The van der Waals surface area contributed by atoms with Gasteiger partial charge in [-0.1, -0.05) is 357 Å². The van der Waals surface area contributed by atoms with Crippen molar-refractivity contribution in [3.8, 4) is 80.5 Å². The first-order chi connectivity index (χ1) is 67.3. The van der Waals surface area contributed by atoms with Crippen LogP contribution >= 0.6 is 0 Å². The van der Waals surface area contributed by atoms with E-state index < -0.39 is 0 Å². The Labute approximate surface area is 850 Å². The van der Waals surface area contributed by atoms with Crippen molar-refractivity contribution >= 4 is 72.9 Å². The summed E-state index contributed by atoms with van der Waals surface area (Å²) >= 11 is 0. The molecule has 0 amide bonds. The van der Waals surface area contributed by atoms with Gasteiger partial charge in [0.1, 0.15) is 80.5 Å². The zero-order valence-electron chi connectivity index (χ0n) is 92.6. The van der Waals surface area contributed by atoms with E-state index in [9.17, 15) is 0 Å². The fourth-order valence-electron chi connectivity index (χ4n) is 13.7. The number of benzene rings is 7. The molecule has 0 bridgehead atoms. The molecule has 0 aliphatic heterocycles. The van der Waals surface area contributed by atoms with Gasteiger partial charge in [-0.3, -0.25) is 0 Å². The summed E-state index contributed by atoms with van der Waals surface area (Å²) in [5.74, 6) is 15.3. The molecule has 0 aliphatic carbocycles. The van der Waals surface area contributed by atoms with Crippen LogP contribution in [0.1, 0.15) is 362 Å². The molecule has 14 heteroatoms. The standard InChI is InChI=1S/C126H186O14/c1-31-85(15)71-127-113-59-101(115(57-99(113)29)129-73-87(17)33-3)45-47-103-61-119(133-77-91(21)37-7)105(63-117(103)131-75-89(19)35-5)49-51-107-65-123(137-81-95(25)41-11)109(67-121(107)135-79-93(23)39-9)53-55-111-69-126(140-84-98(28)44-14)112(70-125(111)139-83-97(27)43-13)56-54-110-68-122(136-80-94(24)40-10)108(66-124(110)138-82-96(26)42-12)52-50-106-64-118(132-76-90(20)36-6)104(62-120(106)134-78-92(22)38-8)48-46-102-60-114(128-72-86(16)32-2)100(30)58-116(102)130-74-88(18)34-4/h45-70,85-98H,31-44,71-84H2,1-30H3/b47-45+,48-46+,51-49+,52-50+,55-53+,56-54+/t85-,86-,87-,88-,89-,90-,91-,92-,93-,94-,95-,96-,97-,98-/m0/s1. The molecule has 0 aliphatic rings. The highest BCUT2D eigenvalue weighted by Gasteiger charge is 2.24. The molecule has 14 nitrogen and oxygen atoms in total. The largest absolute Gasteiger partial charge is 0.493 e. The highest BCUT2D eigenvalue weighted by molar-refractivity contribution is 5.87. The van der Waals surface area contributed by atoms with Gasteiger partial charge in [-0.15, -0.1) is 0 Å². The zero-order chi connectivity index (χ0) is 102. The third kappa shape index (κ3) is 39.1. The maximum atomic E-state index is 7.07. The van der Waals surface area contributed by atoms with Crippen molar-refractivity contribution in [2.45, 2.75) is 298 Å². The predicted molar refractivity (Wildman–Crippen MR) is 597 cm³/mol. The van der Waals surface area contributed by atoms with E-state index in [-0.39, 0.29) is 35.5 Å². The van der Waals surface area contributed by atoms with Crippen LogP contribution in [-0.4, -0.2) is 92.5 Å². The third-order valence-corrected chi connectivity index (χ3v) is 28.1. The minimum absolute atomic E-state index is 0.278. The molecule has 0 aromatic heterocycles. The summed E-state index contributed by atoms with van der Waals surface area (Å²) in [4.78, 5) is 0. The molecule has 0 spiro atoms. The van der Waals surface area contributed by atoms with Gasteiger partial charge in [0, 0.05) is 66.8 Å². The van der Waals surface area contributed by atoms with Crippen LogP contribution in [0.3, 0.4) is 0 Å². The first-order valence-corrected chi connectivity index (χ1v) is 54.4. The van der Waals surface area contributed by atoms with Crippen LogP contribution in [0.15, 0.2) is 84.9 Å². The van der Waals surface area contributed by atoms with Crippen molar-refractivity contribution in [3.05, 3.63) is 163 Å². The van der Waals surface area contributed by atoms with Gasteiger partial charge in [-0.05, 0) is 193 Å². The van der Waals surface area contributed by atoms with Crippen molar-refractivity contribution in [1.29, 1.82) is 0 Å². The van der Waals surface area contributed by atoms with Crippen molar-refractivity contribution in [3.63, 3.8) is 0 Å². The molecule has 0 unspecified atom stereocenters. The van der Waals surface area contributed by atoms with E-state index in [1.165, 1.54) is 0 Å². The van der Waals surface area contributed by atoms with Gasteiger partial charge in [0.15, 0.2) is 0 Å². The summed E-state index contributed by atoms with van der Waals surface area (Å²) in [6.07, 6.45) is 39.5. The average molecular weight is 1920 g/mol. The Hall–Kier alpha value is -9.82. The molecule has 0 radical (unpaired) electrons. The predicted octanol–water partition coefficient (Wildman–Crippen LogP) is 35.3. The SMILES string of the molecule is CC[C@H](C)COc1cc(/C=C/c2cc(OC[C@@H](C)CC)c(/C=C/c3cc(OC[C@@H](C)CC)c(/C=C/c4cc(OC[C@@H](C)CC)c(/C=C/c5cc(OC[C@@H](C)CC)c(/C=C/c6cc(OC[C@@H](C)CC)c(/C=C/c7cc(OC[C@@H](C)CC)c(C)cc7OC[C@@H](C)CC)cc6OC[C@@H](C)CC)cc5OC[C@@H](C)CC)cc4OC[C@@H](C)CC)cc3OC[C@@H](C)CC)cc2OC[C@@H](C)CC)c(OC[C@@H](C)CC)cc1C.